The monoisotopic (exact) mass is 339 g/mol. The number of para-hydroxylation sites is 1. The Morgan fingerprint density at radius 2 is 2.08 bits per heavy atom. The number of amides is 2. The molecule has 0 unspecified atom stereocenters. The Morgan fingerprint density at radius 1 is 1.28 bits per heavy atom. The number of likely N-dealkylation sites (tertiary alicyclic amines) is 1. The van der Waals surface area contributed by atoms with E-state index in [0.717, 1.165) is 29.4 Å². The number of hydrogen-bond acceptors (Lipinski definition) is 2. The summed E-state index contributed by atoms with van der Waals surface area (Å²) in [5.74, 6) is 1.23. The van der Waals surface area contributed by atoms with Crippen LogP contribution in [0.2, 0.25) is 0 Å². The number of nitrogens with one attached hydrogen (secondary N) is 2. The van der Waals surface area contributed by atoms with E-state index in [2.05, 4.69) is 17.2 Å². The summed E-state index contributed by atoms with van der Waals surface area (Å²) in [5.41, 5.74) is 1.53. The summed E-state index contributed by atoms with van der Waals surface area (Å²) in [6, 6.07) is 9.68. The molecule has 5 heteroatoms. The number of hydrogen-bond donors (Lipinski definition) is 2. The lowest BCUT2D eigenvalue weighted by Gasteiger charge is -2.32. The normalized spacial score (nSPS) is 25.8. The summed E-state index contributed by atoms with van der Waals surface area (Å²) in [5, 5.41) is 4.03. The van der Waals surface area contributed by atoms with Crippen LogP contribution in [0.1, 0.15) is 38.2 Å². The zero-order chi connectivity index (χ0) is 17.4. The summed E-state index contributed by atoms with van der Waals surface area (Å²) >= 11 is 0. The second-order valence-electron chi connectivity index (χ2n) is 7.51. The lowest BCUT2D eigenvalue weighted by Crippen LogP contribution is -2.44. The van der Waals surface area contributed by atoms with Gasteiger partial charge in [-0.1, -0.05) is 38.0 Å². The van der Waals surface area contributed by atoms with Gasteiger partial charge in [0.2, 0.25) is 5.56 Å². The minimum Gasteiger partial charge on any atom is -0.334 e. The van der Waals surface area contributed by atoms with Crippen molar-refractivity contribution >= 4 is 16.9 Å². The third kappa shape index (κ3) is 3.03. The third-order valence-corrected chi connectivity index (χ3v) is 5.92. The number of urea groups is 1. The van der Waals surface area contributed by atoms with Crippen LogP contribution in [0, 0.1) is 11.8 Å². The van der Waals surface area contributed by atoms with Crippen molar-refractivity contribution in [2.75, 3.05) is 6.54 Å². The number of fused-ring (bicyclic) bond motifs is 2. The minimum absolute atomic E-state index is 0.00520. The Kier molecular flexibility index (Phi) is 4.24. The average Bonchev–Trinajstić information content (AvgIpc) is 2.96. The first-order valence-electron chi connectivity index (χ1n) is 9.29. The fourth-order valence-corrected chi connectivity index (χ4v) is 4.70. The van der Waals surface area contributed by atoms with Gasteiger partial charge in [-0.2, -0.15) is 0 Å². The van der Waals surface area contributed by atoms with Crippen LogP contribution in [-0.2, 0) is 6.54 Å². The number of aromatic nitrogens is 1. The quantitative estimate of drug-likeness (QED) is 0.882. The van der Waals surface area contributed by atoms with Gasteiger partial charge in [0.15, 0.2) is 0 Å². The maximum absolute atomic E-state index is 12.8. The second-order valence-corrected chi connectivity index (χ2v) is 7.51. The minimum atomic E-state index is -0.134. The lowest BCUT2D eigenvalue weighted by molar-refractivity contribution is 0.168. The molecule has 1 aliphatic carbocycles. The average molecular weight is 339 g/mol. The highest BCUT2D eigenvalue weighted by atomic mass is 16.2. The van der Waals surface area contributed by atoms with E-state index in [9.17, 15) is 9.59 Å². The number of pyridine rings is 1. The Bertz CT molecular complexity index is 844. The van der Waals surface area contributed by atoms with Gasteiger partial charge in [0.05, 0.1) is 0 Å². The van der Waals surface area contributed by atoms with Gasteiger partial charge < -0.3 is 15.2 Å². The van der Waals surface area contributed by atoms with Gasteiger partial charge in [-0.05, 0) is 36.3 Å². The zero-order valence-electron chi connectivity index (χ0n) is 14.6. The first kappa shape index (κ1) is 16.2. The molecule has 1 saturated heterocycles. The summed E-state index contributed by atoms with van der Waals surface area (Å²) in [4.78, 5) is 29.5. The van der Waals surface area contributed by atoms with E-state index in [1.54, 1.807) is 6.07 Å². The molecule has 2 N–H and O–H groups in total. The number of aromatic amines is 1. The lowest BCUT2D eigenvalue weighted by atomic mass is 9.80. The van der Waals surface area contributed by atoms with Crippen LogP contribution in [0.4, 0.5) is 4.79 Å². The highest BCUT2D eigenvalue weighted by molar-refractivity contribution is 5.82. The molecule has 4 rings (SSSR count). The SMILES string of the molecule is C[C@@H]1CN(C(=O)NCc2cc(=O)[nH]c3ccccc23)[C@H]2CCCC[C@@H]12. The van der Waals surface area contributed by atoms with E-state index in [-0.39, 0.29) is 11.6 Å². The smallest absolute Gasteiger partial charge is 0.317 e. The molecule has 1 aliphatic heterocycles. The van der Waals surface area contributed by atoms with Crippen molar-refractivity contribution in [1.82, 2.24) is 15.2 Å². The largest absolute Gasteiger partial charge is 0.334 e. The fourth-order valence-electron chi connectivity index (χ4n) is 4.70. The van der Waals surface area contributed by atoms with Gasteiger partial charge in [0.25, 0.3) is 0 Å². The van der Waals surface area contributed by atoms with Crippen LogP contribution in [-0.4, -0.2) is 28.5 Å². The molecule has 1 aromatic heterocycles. The van der Waals surface area contributed by atoms with Crippen molar-refractivity contribution in [2.45, 2.75) is 45.2 Å². The Hall–Kier alpha value is -2.30. The first-order chi connectivity index (χ1) is 12.1. The van der Waals surface area contributed by atoms with Crippen molar-refractivity contribution in [1.29, 1.82) is 0 Å². The fraction of sp³-hybridized carbons (Fsp3) is 0.500. The number of rotatable bonds is 2. The molecule has 2 aliphatic rings. The van der Waals surface area contributed by atoms with Crippen molar-refractivity contribution in [3.05, 3.63) is 46.2 Å². The van der Waals surface area contributed by atoms with Crippen LogP contribution < -0.4 is 10.9 Å². The predicted molar refractivity (Wildman–Crippen MR) is 98.4 cm³/mol. The molecule has 0 bridgehead atoms. The van der Waals surface area contributed by atoms with Crippen LogP contribution in [0.3, 0.4) is 0 Å². The van der Waals surface area contributed by atoms with Crippen molar-refractivity contribution in [3.63, 3.8) is 0 Å². The third-order valence-electron chi connectivity index (χ3n) is 5.92. The van der Waals surface area contributed by atoms with Crippen molar-refractivity contribution < 1.29 is 4.79 Å². The van der Waals surface area contributed by atoms with Crippen molar-refractivity contribution in [3.8, 4) is 0 Å². The van der Waals surface area contributed by atoms with Crippen LogP contribution in [0.25, 0.3) is 10.9 Å². The molecule has 0 radical (unpaired) electrons. The van der Waals surface area contributed by atoms with E-state index >= 15 is 0 Å². The van der Waals surface area contributed by atoms with Crippen LogP contribution in [0.15, 0.2) is 35.1 Å². The van der Waals surface area contributed by atoms with Gasteiger partial charge >= 0.3 is 6.03 Å². The van der Waals surface area contributed by atoms with Gasteiger partial charge in [-0.25, -0.2) is 4.79 Å². The summed E-state index contributed by atoms with van der Waals surface area (Å²) in [6.45, 7) is 3.49. The van der Waals surface area contributed by atoms with Crippen molar-refractivity contribution in [2.24, 2.45) is 11.8 Å². The molecule has 0 spiro atoms. The summed E-state index contributed by atoms with van der Waals surface area (Å²) in [6.07, 6.45) is 4.88. The standard InChI is InChI=1S/C20H25N3O2/c1-13-12-23(18-9-5-3-6-15(13)18)20(25)21-11-14-10-19(24)22-17-8-4-2-7-16(14)17/h2,4,7-8,10,13,15,18H,3,5-6,9,11-12H2,1H3,(H,21,25)(H,22,24)/t13-,15+,18+/m1/s1. The molecule has 3 atom stereocenters. The van der Waals surface area contributed by atoms with Crippen LogP contribution in [0.5, 0.6) is 0 Å². The number of H-pyrrole nitrogens is 1. The maximum Gasteiger partial charge on any atom is 0.317 e. The Morgan fingerprint density at radius 3 is 2.96 bits per heavy atom. The molecule has 5 nitrogen and oxygen atoms in total. The molecule has 2 fully saturated rings. The highest BCUT2D eigenvalue weighted by Crippen LogP contribution is 2.39. The maximum atomic E-state index is 12.8. The molecular formula is C20H25N3O2. The predicted octanol–water partition coefficient (Wildman–Crippen LogP) is 3.25. The number of nitrogens with zero attached hydrogens (tertiary/aromatic N) is 1. The summed E-state index contributed by atoms with van der Waals surface area (Å²) < 4.78 is 0. The molecule has 132 valence electrons. The van der Waals surface area contributed by atoms with Gasteiger partial charge in [0, 0.05) is 36.1 Å². The second kappa shape index (κ2) is 6.54. The molecule has 2 aromatic rings. The molecule has 2 heterocycles. The molecule has 2 amide bonds. The van der Waals surface area contributed by atoms with E-state index < -0.39 is 0 Å². The van der Waals surface area contributed by atoms with Gasteiger partial charge in [-0.15, -0.1) is 0 Å². The van der Waals surface area contributed by atoms with Gasteiger partial charge in [0.1, 0.15) is 0 Å². The van der Waals surface area contributed by atoms with E-state index in [1.807, 2.05) is 29.2 Å². The Balaban J connectivity index is 1.50. The number of benzene rings is 1. The van der Waals surface area contributed by atoms with Gasteiger partial charge in [-0.3, -0.25) is 4.79 Å². The summed E-state index contributed by atoms with van der Waals surface area (Å²) in [7, 11) is 0. The molecule has 1 aromatic carbocycles. The van der Waals surface area contributed by atoms with E-state index in [4.69, 9.17) is 0 Å². The Labute approximate surface area is 147 Å². The molecular weight excluding hydrogens is 314 g/mol. The highest BCUT2D eigenvalue weighted by Gasteiger charge is 2.42. The number of carbonyl (C=O) groups excluding carboxylic acids is 1. The number of carbonyl (C=O) groups is 1. The topological polar surface area (TPSA) is 65.2 Å². The van der Waals surface area contributed by atoms with Crippen LogP contribution >= 0.6 is 0 Å². The molecule has 25 heavy (non-hydrogen) atoms. The van der Waals surface area contributed by atoms with E-state index in [0.29, 0.717) is 24.4 Å². The molecule has 1 saturated carbocycles. The first-order valence-corrected chi connectivity index (χ1v) is 9.29. The zero-order valence-corrected chi connectivity index (χ0v) is 14.6. The van der Waals surface area contributed by atoms with E-state index in [1.165, 1.54) is 19.3 Å².